The van der Waals surface area contributed by atoms with Gasteiger partial charge in [0.15, 0.2) is 0 Å². The molecule has 54 heavy (non-hydrogen) atoms. The van der Waals surface area contributed by atoms with Crippen LogP contribution in [0.5, 0.6) is 0 Å². The highest BCUT2D eigenvalue weighted by Crippen LogP contribution is 2.45. The van der Waals surface area contributed by atoms with Gasteiger partial charge in [-0.25, -0.2) is 0 Å². The summed E-state index contributed by atoms with van der Waals surface area (Å²) in [5.74, 6) is 0.922. The predicted molar refractivity (Wildman–Crippen MR) is 229 cm³/mol. The van der Waals surface area contributed by atoms with Crippen molar-refractivity contribution >= 4 is 38.8 Å². The zero-order valence-electron chi connectivity index (χ0n) is 30.8. The van der Waals surface area contributed by atoms with Gasteiger partial charge in [-0.15, -0.1) is 0 Å². The largest absolute Gasteiger partial charge is 0.456 e. The molecule has 260 valence electrons. The van der Waals surface area contributed by atoms with E-state index in [1.807, 2.05) is 6.07 Å². The summed E-state index contributed by atoms with van der Waals surface area (Å²) in [6.07, 6.45) is 0. The Hall–Kier alpha value is -6.64. The van der Waals surface area contributed by atoms with Gasteiger partial charge in [0.2, 0.25) is 0 Å². The van der Waals surface area contributed by atoms with Gasteiger partial charge in [0.1, 0.15) is 11.3 Å². The Bertz CT molecular complexity index is 2740. The molecule has 0 unspecified atom stereocenters. The van der Waals surface area contributed by atoms with Gasteiger partial charge in [-0.3, -0.25) is 0 Å². The van der Waals surface area contributed by atoms with E-state index in [2.05, 4.69) is 214 Å². The summed E-state index contributed by atoms with van der Waals surface area (Å²) < 4.78 is 6.66. The molecule has 9 rings (SSSR count). The molecule has 0 N–H and O–H groups in total. The van der Waals surface area contributed by atoms with Crippen LogP contribution in [0.25, 0.3) is 66.4 Å². The van der Waals surface area contributed by atoms with E-state index in [-0.39, 0.29) is 5.41 Å². The van der Waals surface area contributed by atoms with Crippen LogP contribution in [0.1, 0.15) is 26.3 Å². The molecule has 0 amide bonds. The molecule has 0 aliphatic rings. The van der Waals surface area contributed by atoms with Crippen LogP contribution in [0, 0.1) is 0 Å². The van der Waals surface area contributed by atoms with Crippen LogP contribution in [0.15, 0.2) is 199 Å². The van der Waals surface area contributed by atoms with Crippen LogP contribution in [0.4, 0.5) is 17.1 Å². The van der Waals surface area contributed by atoms with Gasteiger partial charge < -0.3 is 9.32 Å². The molecule has 0 bridgehead atoms. The number of benzene rings is 8. The number of hydrogen-bond acceptors (Lipinski definition) is 2. The van der Waals surface area contributed by atoms with Gasteiger partial charge in [0.05, 0.1) is 5.69 Å². The molecular formula is C52H41NO. The van der Waals surface area contributed by atoms with Gasteiger partial charge in [0.25, 0.3) is 0 Å². The lowest BCUT2D eigenvalue weighted by molar-refractivity contribution is 0.568. The first-order valence-electron chi connectivity index (χ1n) is 18.7. The molecule has 1 aromatic heterocycles. The Morgan fingerprint density at radius 1 is 0.407 bits per heavy atom. The fourth-order valence-electron chi connectivity index (χ4n) is 7.96. The molecule has 9 aromatic rings. The lowest BCUT2D eigenvalue weighted by Gasteiger charge is -2.28. The van der Waals surface area contributed by atoms with E-state index in [4.69, 9.17) is 4.42 Å². The van der Waals surface area contributed by atoms with Crippen molar-refractivity contribution in [1.29, 1.82) is 0 Å². The number of hydrogen-bond donors (Lipinski definition) is 0. The van der Waals surface area contributed by atoms with Gasteiger partial charge >= 0.3 is 0 Å². The summed E-state index contributed by atoms with van der Waals surface area (Å²) in [5, 5.41) is 3.56. The summed E-state index contributed by atoms with van der Waals surface area (Å²) in [5.41, 5.74) is 13.6. The lowest BCUT2D eigenvalue weighted by atomic mass is 9.83. The van der Waals surface area contributed by atoms with Crippen molar-refractivity contribution in [2.75, 3.05) is 4.90 Å². The van der Waals surface area contributed by atoms with Crippen molar-refractivity contribution in [3.8, 4) is 44.7 Å². The molecule has 1 heterocycles. The maximum Gasteiger partial charge on any atom is 0.139 e. The first kappa shape index (κ1) is 33.2. The lowest BCUT2D eigenvalue weighted by Crippen LogP contribution is -2.12. The highest BCUT2D eigenvalue weighted by atomic mass is 16.3. The number of nitrogens with zero attached hydrogens (tertiary/aromatic N) is 1. The zero-order chi connectivity index (χ0) is 36.6. The molecule has 8 aromatic carbocycles. The summed E-state index contributed by atoms with van der Waals surface area (Å²) in [7, 11) is 0. The van der Waals surface area contributed by atoms with Crippen LogP contribution in [-0.2, 0) is 5.41 Å². The minimum atomic E-state index is -0.110. The molecule has 2 heteroatoms. The first-order valence-corrected chi connectivity index (χ1v) is 18.7. The number of para-hydroxylation sites is 1. The second-order valence-electron chi connectivity index (χ2n) is 14.9. The fourth-order valence-corrected chi connectivity index (χ4v) is 7.96. The second-order valence-corrected chi connectivity index (χ2v) is 14.9. The van der Waals surface area contributed by atoms with Crippen LogP contribution >= 0.6 is 0 Å². The Morgan fingerprint density at radius 3 is 1.65 bits per heavy atom. The van der Waals surface area contributed by atoms with Gasteiger partial charge in [-0.1, -0.05) is 178 Å². The average Bonchev–Trinajstić information content (AvgIpc) is 3.63. The van der Waals surface area contributed by atoms with E-state index < -0.39 is 0 Å². The van der Waals surface area contributed by atoms with Gasteiger partial charge in [-0.2, -0.15) is 0 Å². The Balaban J connectivity index is 1.18. The molecule has 2 nitrogen and oxygen atoms in total. The minimum Gasteiger partial charge on any atom is -0.456 e. The van der Waals surface area contributed by atoms with E-state index in [9.17, 15) is 0 Å². The Morgan fingerprint density at radius 2 is 0.944 bits per heavy atom. The number of fused-ring (bicyclic) bond motifs is 2. The average molecular weight is 696 g/mol. The Kier molecular flexibility index (Phi) is 8.44. The molecule has 0 saturated heterocycles. The maximum absolute atomic E-state index is 6.66. The van der Waals surface area contributed by atoms with Crippen LogP contribution in [0.2, 0.25) is 0 Å². The molecule has 0 radical (unpaired) electrons. The second kappa shape index (κ2) is 13.7. The van der Waals surface area contributed by atoms with Gasteiger partial charge in [-0.05, 0) is 80.6 Å². The van der Waals surface area contributed by atoms with E-state index in [0.29, 0.717) is 0 Å². The number of furan rings is 1. The highest BCUT2D eigenvalue weighted by Gasteiger charge is 2.27. The third-order valence-corrected chi connectivity index (χ3v) is 10.4. The first-order chi connectivity index (χ1) is 26.4. The molecule has 0 aliphatic carbocycles. The van der Waals surface area contributed by atoms with E-state index in [1.165, 1.54) is 55.1 Å². The van der Waals surface area contributed by atoms with Gasteiger partial charge in [0, 0.05) is 33.3 Å². The molecule has 0 aliphatic heterocycles. The number of rotatable bonds is 7. The van der Waals surface area contributed by atoms with Crippen molar-refractivity contribution in [3.05, 3.63) is 200 Å². The van der Waals surface area contributed by atoms with Crippen LogP contribution in [0.3, 0.4) is 0 Å². The summed E-state index contributed by atoms with van der Waals surface area (Å²) in [6.45, 7) is 6.79. The number of anilines is 3. The van der Waals surface area contributed by atoms with Crippen LogP contribution < -0.4 is 4.90 Å². The zero-order valence-corrected chi connectivity index (χ0v) is 30.8. The smallest absolute Gasteiger partial charge is 0.139 e. The molecule has 0 atom stereocenters. The third kappa shape index (κ3) is 6.06. The third-order valence-electron chi connectivity index (χ3n) is 10.4. The maximum atomic E-state index is 6.66. The van der Waals surface area contributed by atoms with Crippen molar-refractivity contribution in [1.82, 2.24) is 0 Å². The normalized spacial score (nSPS) is 11.6. The quantitative estimate of drug-likeness (QED) is 0.165. The summed E-state index contributed by atoms with van der Waals surface area (Å²) in [4.78, 5) is 2.38. The summed E-state index contributed by atoms with van der Waals surface area (Å²) in [6, 6.07) is 69.5. The molecular weight excluding hydrogens is 655 g/mol. The van der Waals surface area contributed by atoms with Crippen molar-refractivity contribution in [3.63, 3.8) is 0 Å². The minimum absolute atomic E-state index is 0.110. The van der Waals surface area contributed by atoms with E-state index in [1.54, 1.807) is 0 Å². The predicted octanol–water partition coefficient (Wildman–Crippen LogP) is 15.0. The Labute approximate surface area is 317 Å². The van der Waals surface area contributed by atoms with E-state index >= 15 is 0 Å². The molecule has 0 fully saturated rings. The van der Waals surface area contributed by atoms with Crippen molar-refractivity contribution in [2.24, 2.45) is 0 Å². The molecule has 0 spiro atoms. The monoisotopic (exact) mass is 695 g/mol. The van der Waals surface area contributed by atoms with E-state index in [0.717, 1.165) is 34.0 Å². The van der Waals surface area contributed by atoms with Crippen molar-refractivity contribution < 1.29 is 4.42 Å². The SMILES string of the molecule is CC(C)(C)c1c(-c2cccc(N(c3ccc(-c4ccccc4-c4ccccc4-c4ccccc4)cc3)c3cccc4ccccc34)c2)oc2ccccc12. The standard InChI is InChI=1S/C52H41NO/c1-52(2,3)50-47-28-13-14-30-49(47)54-51(50)39-21-15-22-41(35-39)53(48-29-16-20-37-19-7-8-25-44(37)48)40-33-31-38(32-34-40)43-24-10-12-27-46(43)45-26-11-9-23-42(45)36-17-5-4-6-18-36/h4-35H,1-3H3. The highest BCUT2D eigenvalue weighted by molar-refractivity contribution is 6.00. The van der Waals surface area contributed by atoms with Crippen LogP contribution in [-0.4, -0.2) is 0 Å². The van der Waals surface area contributed by atoms with Crippen molar-refractivity contribution in [2.45, 2.75) is 26.2 Å². The fraction of sp³-hybridized carbons (Fsp3) is 0.0769. The molecule has 0 saturated carbocycles. The topological polar surface area (TPSA) is 16.4 Å². The summed E-state index contributed by atoms with van der Waals surface area (Å²) >= 11 is 0.